The van der Waals surface area contributed by atoms with Crippen LogP contribution < -0.4 is 5.56 Å². The molecule has 0 saturated carbocycles. The SMILES string of the molecule is CC(C)Cc1nc2c(sc3nc[nH]c(=O)c32)c2c1CSC(C)(C)C2. The van der Waals surface area contributed by atoms with E-state index in [1.54, 1.807) is 11.3 Å². The fourth-order valence-electron chi connectivity index (χ4n) is 3.41. The van der Waals surface area contributed by atoms with Gasteiger partial charge in [0.05, 0.1) is 16.5 Å². The summed E-state index contributed by atoms with van der Waals surface area (Å²) in [6.45, 7) is 9.04. The number of thiophene rings is 1. The van der Waals surface area contributed by atoms with E-state index in [9.17, 15) is 4.79 Å². The maximum Gasteiger partial charge on any atom is 0.261 e. The summed E-state index contributed by atoms with van der Waals surface area (Å²) >= 11 is 3.62. The monoisotopic (exact) mass is 359 g/mol. The molecule has 1 aliphatic heterocycles. The summed E-state index contributed by atoms with van der Waals surface area (Å²) in [5, 5.41) is 0.654. The highest BCUT2D eigenvalue weighted by atomic mass is 32.2. The van der Waals surface area contributed by atoms with E-state index in [1.807, 2.05) is 11.8 Å². The van der Waals surface area contributed by atoms with Gasteiger partial charge in [0.25, 0.3) is 5.56 Å². The molecule has 0 spiro atoms. The zero-order chi connectivity index (χ0) is 17.1. The minimum Gasteiger partial charge on any atom is -0.312 e. The number of nitrogens with one attached hydrogen (secondary N) is 1. The Hall–Kier alpha value is -1.40. The minimum atomic E-state index is -0.0846. The molecule has 6 heteroatoms. The lowest BCUT2D eigenvalue weighted by molar-refractivity contribution is 0.628. The largest absolute Gasteiger partial charge is 0.312 e. The number of thioether (sulfide) groups is 1. The fourth-order valence-corrected chi connectivity index (χ4v) is 5.69. The van der Waals surface area contributed by atoms with Crippen LogP contribution in [0.1, 0.15) is 44.5 Å². The minimum absolute atomic E-state index is 0.0846. The van der Waals surface area contributed by atoms with Crippen LogP contribution in [-0.2, 0) is 18.6 Å². The summed E-state index contributed by atoms with van der Waals surface area (Å²) in [7, 11) is 0. The van der Waals surface area contributed by atoms with Crippen molar-refractivity contribution < 1.29 is 0 Å². The predicted molar refractivity (Wildman–Crippen MR) is 103 cm³/mol. The number of nitrogens with zero attached hydrogens (tertiary/aromatic N) is 2. The molecule has 0 aromatic carbocycles. The van der Waals surface area contributed by atoms with Crippen LogP contribution in [-0.4, -0.2) is 19.7 Å². The highest BCUT2D eigenvalue weighted by molar-refractivity contribution is 7.99. The lowest BCUT2D eigenvalue weighted by Gasteiger charge is -2.32. The molecule has 4 rings (SSSR count). The van der Waals surface area contributed by atoms with Gasteiger partial charge in [-0.05, 0) is 29.9 Å². The first kappa shape index (κ1) is 16.1. The van der Waals surface area contributed by atoms with Crippen molar-refractivity contribution in [3.63, 3.8) is 0 Å². The van der Waals surface area contributed by atoms with Crippen LogP contribution in [0.25, 0.3) is 20.4 Å². The smallest absolute Gasteiger partial charge is 0.261 e. The maximum atomic E-state index is 12.3. The van der Waals surface area contributed by atoms with Crippen molar-refractivity contribution in [2.75, 3.05) is 0 Å². The molecule has 1 N–H and O–H groups in total. The van der Waals surface area contributed by atoms with Gasteiger partial charge in [0, 0.05) is 16.2 Å². The molecule has 0 radical (unpaired) electrons. The summed E-state index contributed by atoms with van der Waals surface area (Å²) in [6, 6.07) is 0. The number of aromatic amines is 1. The molecule has 0 unspecified atom stereocenters. The van der Waals surface area contributed by atoms with E-state index in [2.05, 4.69) is 37.7 Å². The second-order valence-electron chi connectivity index (χ2n) is 7.53. The zero-order valence-electron chi connectivity index (χ0n) is 14.4. The third kappa shape index (κ3) is 2.56. The molecule has 0 bridgehead atoms. The number of rotatable bonds is 2. The fraction of sp³-hybridized carbons (Fsp3) is 0.500. The van der Waals surface area contributed by atoms with Crippen molar-refractivity contribution in [1.82, 2.24) is 15.0 Å². The summed E-state index contributed by atoms with van der Waals surface area (Å²) in [4.78, 5) is 25.2. The first-order chi connectivity index (χ1) is 11.4. The Morgan fingerprint density at radius 3 is 2.88 bits per heavy atom. The van der Waals surface area contributed by atoms with Gasteiger partial charge < -0.3 is 4.98 Å². The normalized spacial score (nSPS) is 16.9. The third-order valence-electron chi connectivity index (χ3n) is 4.51. The molecule has 0 aliphatic carbocycles. The van der Waals surface area contributed by atoms with E-state index < -0.39 is 0 Å². The van der Waals surface area contributed by atoms with Crippen molar-refractivity contribution in [3.05, 3.63) is 33.5 Å². The van der Waals surface area contributed by atoms with Gasteiger partial charge in [-0.1, -0.05) is 27.7 Å². The maximum absolute atomic E-state index is 12.3. The Balaban J connectivity index is 2.10. The van der Waals surface area contributed by atoms with Gasteiger partial charge in [-0.15, -0.1) is 11.3 Å². The van der Waals surface area contributed by atoms with Crippen molar-refractivity contribution >= 4 is 43.5 Å². The molecule has 0 saturated heterocycles. The summed E-state index contributed by atoms with van der Waals surface area (Å²) in [5.41, 5.74) is 4.71. The van der Waals surface area contributed by atoms with Crippen LogP contribution in [0.3, 0.4) is 0 Å². The number of hydrogen-bond acceptors (Lipinski definition) is 5. The van der Waals surface area contributed by atoms with Crippen molar-refractivity contribution in [2.24, 2.45) is 5.92 Å². The second kappa shape index (κ2) is 5.56. The average Bonchev–Trinajstić information content (AvgIpc) is 2.86. The molecular weight excluding hydrogens is 338 g/mol. The van der Waals surface area contributed by atoms with Crippen molar-refractivity contribution in [1.29, 1.82) is 0 Å². The molecule has 3 aromatic rings. The second-order valence-corrected chi connectivity index (χ2v) is 10.2. The summed E-state index contributed by atoms with van der Waals surface area (Å²) in [5.74, 6) is 1.55. The van der Waals surface area contributed by atoms with E-state index in [1.165, 1.54) is 23.1 Å². The number of aromatic nitrogens is 3. The van der Waals surface area contributed by atoms with Gasteiger partial charge in [0.1, 0.15) is 10.2 Å². The van der Waals surface area contributed by atoms with Crippen LogP contribution in [0.15, 0.2) is 11.1 Å². The quantitative estimate of drug-likeness (QED) is 0.741. The lowest BCUT2D eigenvalue weighted by Crippen LogP contribution is -2.25. The zero-order valence-corrected chi connectivity index (χ0v) is 16.0. The highest BCUT2D eigenvalue weighted by Crippen LogP contribution is 2.44. The first-order valence-corrected chi connectivity index (χ1v) is 10.1. The van der Waals surface area contributed by atoms with Crippen LogP contribution >= 0.6 is 23.1 Å². The van der Waals surface area contributed by atoms with Gasteiger partial charge in [-0.2, -0.15) is 11.8 Å². The van der Waals surface area contributed by atoms with Gasteiger partial charge in [-0.25, -0.2) is 4.98 Å². The first-order valence-electron chi connectivity index (χ1n) is 8.30. The highest BCUT2D eigenvalue weighted by Gasteiger charge is 2.31. The third-order valence-corrected chi connectivity index (χ3v) is 7.02. The molecule has 0 atom stereocenters. The Morgan fingerprint density at radius 1 is 1.33 bits per heavy atom. The van der Waals surface area contributed by atoms with Gasteiger partial charge in [0.15, 0.2) is 0 Å². The molecule has 126 valence electrons. The molecular formula is C18H21N3OS2. The number of fused-ring (bicyclic) bond motifs is 5. The van der Waals surface area contributed by atoms with E-state index in [0.29, 0.717) is 11.3 Å². The molecule has 4 heterocycles. The number of pyridine rings is 1. The molecule has 1 aliphatic rings. The van der Waals surface area contributed by atoms with E-state index in [0.717, 1.165) is 33.6 Å². The molecule has 24 heavy (non-hydrogen) atoms. The predicted octanol–water partition coefficient (Wildman–Crippen LogP) is 4.30. The summed E-state index contributed by atoms with van der Waals surface area (Å²) in [6.07, 6.45) is 3.46. The van der Waals surface area contributed by atoms with Crippen molar-refractivity contribution in [2.45, 2.75) is 51.0 Å². The van der Waals surface area contributed by atoms with E-state index in [4.69, 9.17) is 4.98 Å². The molecule has 0 amide bonds. The topological polar surface area (TPSA) is 58.6 Å². The van der Waals surface area contributed by atoms with Gasteiger partial charge in [-0.3, -0.25) is 9.78 Å². The van der Waals surface area contributed by atoms with Crippen molar-refractivity contribution in [3.8, 4) is 0 Å². The summed E-state index contributed by atoms with van der Waals surface area (Å²) < 4.78 is 1.37. The molecule has 0 fully saturated rings. The van der Waals surface area contributed by atoms with E-state index in [-0.39, 0.29) is 10.3 Å². The molecule has 4 nitrogen and oxygen atoms in total. The number of hydrogen-bond donors (Lipinski definition) is 1. The van der Waals surface area contributed by atoms with Gasteiger partial charge in [0.2, 0.25) is 0 Å². The lowest BCUT2D eigenvalue weighted by atomic mass is 9.93. The molecule has 3 aromatic heterocycles. The Kier molecular flexibility index (Phi) is 3.73. The standard InChI is InChI=1S/C18H21N3OS2/c1-9(2)5-12-11-7-23-18(3,4)6-10(11)15-14(21-12)13-16(22)19-8-20-17(13)24-15/h8-9H,5-7H2,1-4H3,(H,19,20,22). The van der Waals surface area contributed by atoms with Crippen LogP contribution in [0, 0.1) is 5.92 Å². The van der Waals surface area contributed by atoms with Gasteiger partial charge >= 0.3 is 0 Å². The van der Waals surface area contributed by atoms with E-state index >= 15 is 0 Å². The number of H-pyrrole nitrogens is 1. The van der Waals surface area contributed by atoms with Crippen LogP contribution in [0.5, 0.6) is 0 Å². The average molecular weight is 360 g/mol. The van der Waals surface area contributed by atoms with Crippen LogP contribution in [0.2, 0.25) is 0 Å². The van der Waals surface area contributed by atoms with Crippen LogP contribution in [0.4, 0.5) is 0 Å². The Labute approximate surface area is 149 Å². The Bertz CT molecular complexity index is 1000. The Morgan fingerprint density at radius 2 is 2.12 bits per heavy atom.